The number of hydrogen-bond donors (Lipinski definition) is 1. The third-order valence-electron chi connectivity index (χ3n) is 7.96. The van der Waals surface area contributed by atoms with Gasteiger partial charge in [-0.25, -0.2) is 0 Å². The number of unbranched alkanes of at least 4 members (excludes halogenated alkanes) is 1. The molecule has 3 rings (SSSR count). The molecule has 35 heavy (non-hydrogen) atoms. The molecule has 3 heterocycles. The molecule has 0 aliphatic carbocycles. The van der Waals surface area contributed by atoms with Crippen molar-refractivity contribution in [1.82, 2.24) is 9.80 Å². The van der Waals surface area contributed by atoms with Crippen molar-refractivity contribution >= 4 is 29.5 Å². The second-order valence-electron chi connectivity index (χ2n) is 11.2. The fraction of sp³-hybridized carbons (Fsp3) is 0.741. The average molecular weight is 507 g/mol. The summed E-state index contributed by atoms with van der Waals surface area (Å²) in [5.74, 6) is -1.96. The third-order valence-corrected chi connectivity index (χ3v) is 9.95. The van der Waals surface area contributed by atoms with Gasteiger partial charge in [-0.3, -0.25) is 14.4 Å². The maximum absolute atomic E-state index is 14.3. The van der Waals surface area contributed by atoms with Crippen LogP contribution in [-0.4, -0.2) is 79.6 Å². The van der Waals surface area contributed by atoms with Crippen LogP contribution in [0.5, 0.6) is 0 Å². The molecule has 8 heteroatoms. The number of fused-ring (bicyclic) bond motifs is 1. The van der Waals surface area contributed by atoms with Crippen LogP contribution in [0.1, 0.15) is 66.7 Å². The molecular weight excluding hydrogens is 464 g/mol. The SMILES string of the molecule is C=CCCCOC(=O)[C@H]1[C@H]2C(=O)N([C@@H](CC)CO)C(C(=O)N(CC=C)C(C)(C)C)C23CC[C@]1(C)S3. The van der Waals surface area contributed by atoms with E-state index in [1.165, 1.54) is 0 Å². The lowest BCUT2D eigenvalue weighted by molar-refractivity contribution is -0.156. The first kappa shape index (κ1) is 27.8. The van der Waals surface area contributed by atoms with E-state index >= 15 is 0 Å². The van der Waals surface area contributed by atoms with E-state index in [1.807, 2.05) is 34.6 Å². The number of carbonyl (C=O) groups excluding carboxylic acids is 3. The van der Waals surface area contributed by atoms with Gasteiger partial charge in [0.1, 0.15) is 6.04 Å². The highest BCUT2D eigenvalue weighted by Gasteiger charge is 2.78. The van der Waals surface area contributed by atoms with Crippen molar-refractivity contribution in [3.8, 4) is 0 Å². The zero-order chi connectivity index (χ0) is 26.2. The molecule has 7 nitrogen and oxygen atoms in total. The van der Waals surface area contributed by atoms with Crippen molar-refractivity contribution < 1.29 is 24.2 Å². The quantitative estimate of drug-likeness (QED) is 0.262. The summed E-state index contributed by atoms with van der Waals surface area (Å²) in [5, 5.41) is 10.2. The lowest BCUT2D eigenvalue weighted by Gasteiger charge is -2.43. The molecule has 2 amide bonds. The Labute approximate surface area is 214 Å². The standard InChI is InChI=1S/C27H42N2O5S/c1-8-11-12-16-34-24(33)20-19-22(31)29(18(10-3)17-30)21(27(19)14-13-26(20,7)35-27)23(32)28(15-9-2)25(4,5)6/h8-9,18-21,30H,1-2,10-17H2,3-7H3/t18-,19-,20+,21?,26-,27?/m0/s1. The van der Waals surface area contributed by atoms with Crippen LogP contribution in [0, 0.1) is 11.8 Å². The summed E-state index contributed by atoms with van der Waals surface area (Å²) >= 11 is 1.63. The molecule has 0 saturated carbocycles. The number of esters is 1. The van der Waals surface area contributed by atoms with Crippen LogP contribution >= 0.6 is 11.8 Å². The molecular formula is C27H42N2O5S. The van der Waals surface area contributed by atoms with Crippen LogP contribution in [0.4, 0.5) is 0 Å². The maximum atomic E-state index is 14.3. The van der Waals surface area contributed by atoms with Crippen LogP contribution in [0.15, 0.2) is 25.3 Å². The van der Waals surface area contributed by atoms with Gasteiger partial charge in [0, 0.05) is 16.8 Å². The number of carbonyl (C=O) groups is 3. The van der Waals surface area contributed by atoms with Crippen molar-refractivity contribution in [1.29, 1.82) is 0 Å². The summed E-state index contributed by atoms with van der Waals surface area (Å²) < 4.78 is 4.47. The molecule has 196 valence electrons. The first-order valence-electron chi connectivity index (χ1n) is 12.8. The van der Waals surface area contributed by atoms with E-state index in [0.29, 0.717) is 25.8 Å². The number of aliphatic hydroxyl groups excluding tert-OH is 1. The fourth-order valence-corrected chi connectivity index (χ4v) is 8.59. The molecule has 1 spiro atoms. The number of ether oxygens (including phenoxy) is 1. The highest BCUT2D eigenvalue weighted by atomic mass is 32.2. The molecule has 3 aliphatic heterocycles. The zero-order valence-corrected chi connectivity index (χ0v) is 22.7. The Morgan fingerprint density at radius 1 is 1.31 bits per heavy atom. The predicted molar refractivity (Wildman–Crippen MR) is 139 cm³/mol. The third kappa shape index (κ3) is 4.57. The van der Waals surface area contributed by atoms with Gasteiger partial charge >= 0.3 is 5.97 Å². The van der Waals surface area contributed by atoms with Crippen LogP contribution in [0.3, 0.4) is 0 Å². The van der Waals surface area contributed by atoms with E-state index in [4.69, 9.17) is 4.74 Å². The summed E-state index contributed by atoms with van der Waals surface area (Å²) in [5.41, 5.74) is -0.482. The Morgan fingerprint density at radius 3 is 2.54 bits per heavy atom. The molecule has 0 radical (unpaired) electrons. The smallest absolute Gasteiger partial charge is 0.311 e. The zero-order valence-electron chi connectivity index (χ0n) is 21.9. The number of aliphatic hydroxyl groups is 1. The van der Waals surface area contributed by atoms with Crippen molar-refractivity contribution in [2.45, 2.75) is 93.8 Å². The van der Waals surface area contributed by atoms with Crippen molar-refractivity contribution in [2.24, 2.45) is 11.8 Å². The molecule has 0 aromatic rings. The fourth-order valence-electron chi connectivity index (χ4n) is 6.27. The molecule has 2 unspecified atom stereocenters. The molecule has 3 aliphatic rings. The minimum absolute atomic E-state index is 0.142. The molecule has 0 aromatic heterocycles. The lowest BCUT2D eigenvalue weighted by atomic mass is 9.66. The number of thioether (sulfide) groups is 1. The molecule has 3 fully saturated rings. The Morgan fingerprint density at radius 2 is 2.00 bits per heavy atom. The van der Waals surface area contributed by atoms with Gasteiger partial charge in [-0.15, -0.1) is 24.9 Å². The van der Waals surface area contributed by atoms with Gasteiger partial charge < -0.3 is 19.6 Å². The Hall–Kier alpha value is -1.80. The van der Waals surface area contributed by atoms with Gasteiger partial charge in [-0.2, -0.15) is 0 Å². The lowest BCUT2D eigenvalue weighted by Crippen LogP contribution is -2.60. The minimum Gasteiger partial charge on any atom is -0.465 e. The van der Waals surface area contributed by atoms with Gasteiger partial charge in [0.25, 0.3) is 0 Å². The minimum atomic E-state index is -0.748. The second-order valence-corrected chi connectivity index (χ2v) is 13.1. The predicted octanol–water partition coefficient (Wildman–Crippen LogP) is 3.56. The summed E-state index contributed by atoms with van der Waals surface area (Å²) in [4.78, 5) is 45.2. The molecule has 3 saturated heterocycles. The van der Waals surface area contributed by atoms with E-state index < -0.39 is 39.0 Å². The summed E-state index contributed by atoms with van der Waals surface area (Å²) in [6, 6.07) is -1.24. The van der Waals surface area contributed by atoms with Crippen LogP contribution in [0.2, 0.25) is 0 Å². The highest BCUT2D eigenvalue weighted by molar-refractivity contribution is 8.02. The van der Waals surface area contributed by atoms with E-state index in [9.17, 15) is 19.5 Å². The van der Waals surface area contributed by atoms with Gasteiger partial charge in [-0.1, -0.05) is 19.1 Å². The Balaban J connectivity index is 2.06. The number of hydrogen-bond acceptors (Lipinski definition) is 6. The van der Waals surface area contributed by atoms with Crippen molar-refractivity contribution in [3.05, 3.63) is 25.3 Å². The van der Waals surface area contributed by atoms with Crippen molar-refractivity contribution in [2.75, 3.05) is 19.8 Å². The van der Waals surface area contributed by atoms with E-state index in [2.05, 4.69) is 13.2 Å². The van der Waals surface area contributed by atoms with Gasteiger partial charge in [-0.05, 0) is 59.8 Å². The van der Waals surface area contributed by atoms with Crippen LogP contribution in [-0.2, 0) is 19.1 Å². The Kier molecular flexibility index (Phi) is 8.17. The van der Waals surface area contributed by atoms with E-state index in [-0.39, 0.29) is 31.0 Å². The highest BCUT2D eigenvalue weighted by Crippen LogP contribution is 2.71. The number of rotatable bonds is 11. The number of allylic oxidation sites excluding steroid dienone is 1. The van der Waals surface area contributed by atoms with Crippen molar-refractivity contribution in [3.63, 3.8) is 0 Å². The molecule has 2 bridgehead atoms. The summed E-state index contributed by atoms with van der Waals surface area (Å²) in [6.07, 6.45) is 6.85. The molecule has 0 aromatic carbocycles. The van der Waals surface area contributed by atoms with E-state index in [0.717, 1.165) is 12.8 Å². The average Bonchev–Trinajstić information content (AvgIpc) is 3.36. The summed E-state index contributed by atoms with van der Waals surface area (Å²) in [7, 11) is 0. The largest absolute Gasteiger partial charge is 0.465 e. The monoisotopic (exact) mass is 506 g/mol. The normalized spacial score (nSPS) is 32.3. The second kappa shape index (κ2) is 10.3. The number of amides is 2. The van der Waals surface area contributed by atoms with Gasteiger partial charge in [0.15, 0.2) is 0 Å². The molecule has 6 atom stereocenters. The molecule has 1 N–H and O–H groups in total. The van der Waals surface area contributed by atoms with Crippen LogP contribution in [0.25, 0.3) is 0 Å². The Bertz CT molecular complexity index is 866. The summed E-state index contributed by atoms with van der Waals surface area (Å²) in [6.45, 7) is 17.8. The first-order chi connectivity index (χ1) is 16.4. The van der Waals surface area contributed by atoms with E-state index in [1.54, 1.807) is 33.7 Å². The van der Waals surface area contributed by atoms with Gasteiger partial charge in [0.2, 0.25) is 11.8 Å². The number of nitrogens with zero attached hydrogens (tertiary/aromatic N) is 2. The maximum Gasteiger partial charge on any atom is 0.311 e. The van der Waals surface area contributed by atoms with Crippen LogP contribution < -0.4 is 0 Å². The topological polar surface area (TPSA) is 87.1 Å². The first-order valence-corrected chi connectivity index (χ1v) is 13.6. The number of likely N-dealkylation sites (tertiary alicyclic amines) is 1. The van der Waals surface area contributed by atoms with Gasteiger partial charge in [0.05, 0.1) is 35.8 Å².